The molecule has 0 aromatic carbocycles. The molecule has 1 rings (SSSR count). The van der Waals surface area contributed by atoms with E-state index < -0.39 is 23.4 Å². The minimum Gasteiger partial charge on any atom is -0.443 e. The molecule has 0 atom stereocenters. The van der Waals surface area contributed by atoms with E-state index in [-0.39, 0.29) is 11.3 Å². The first-order valence-electron chi connectivity index (χ1n) is 6.96. The molecule has 0 saturated heterocycles. The summed E-state index contributed by atoms with van der Waals surface area (Å²) in [5.41, 5.74) is -1.71. The van der Waals surface area contributed by atoms with Crippen molar-refractivity contribution in [1.29, 1.82) is 0 Å². The molecule has 1 aromatic heterocycles. The average molecular weight is 323 g/mol. The monoisotopic (exact) mass is 323 g/mol. The van der Waals surface area contributed by atoms with Gasteiger partial charge in [-0.2, -0.15) is 15.1 Å². The fourth-order valence-corrected chi connectivity index (χ4v) is 1.49. The molecule has 0 radical (unpaired) electrons. The molecule has 0 fully saturated rings. The van der Waals surface area contributed by atoms with Gasteiger partial charge in [-0.05, 0) is 41.5 Å². The molecule has 1 aromatic rings. The Balaban J connectivity index is 3.28. The third kappa shape index (κ3) is 5.65. The maximum Gasteiger partial charge on any atom is 0.424 e. The van der Waals surface area contributed by atoms with E-state index in [1.54, 1.807) is 41.5 Å². The number of imide groups is 1. The molecule has 0 aliphatic carbocycles. The van der Waals surface area contributed by atoms with Crippen molar-refractivity contribution in [3.8, 4) is 0 Å². The number of rotatable bonds is 2. The van der Waals surface area contributed by atoms with E-state index in [2.05, 4.69) is 10.2 Å². The van der Waals surface area contributed by atoms with Gasteiger partial charge in [-0.25, -0.2) is 9.59 Å². The number of aromatic nitrogens is 2. The lowest BCUT2D eigenvalue weighted by atomic mass is 10.2. The van der Waals surface area contributed by atoms with E-state index in [1.807, 2.05) is 0 Å². The van der Waals surface area contributed by atoms with Gasteiger partial charge >= 0.3 is 12.2 Å². The number of nitrogens with zero attached hydrogens (tertiary/aromatic N) is 3. The van der Waals surface area contributed by atoms with Crippen LogP contribution in [-0.2, 0) is 9.47 Å². The quantitative estimate of drug-likeness (QED) is 0.771. The van der Waals surface area contributed by atoms with E-state index in [0.717, 1.165) is 12.4 Å². The number of anilines is 1. The van der Waals surface area contributed by atoms with Crippen LogP contribution in [0.2, 0.25) is 0 Å². The van der Waals surface area contributed by atoms with Crippen LogP contribution < -0.4 is 4.90 Å². The van der Waals surface area contributed by atoms with Crippen LogP contribution in [0.4, 0.5) is 15.3 Å². The predicted molar refractivity (Wildman–Crippen MR) is 82.4 cm³/mol. The average Bonchev–Trinajstić information content (AvgIpc) is 2.35. The molecule has 0 N–H and O–H groups in total. The topological polar surface area (TPSA) is 98.7 Å². The molecule has 1 heterocycles. The number of carbonyl (C=O) groups is 3. The van der Waals surface area contributed by atoms with Gasteiger partial charge < -0.3 is 9.47 Å². The first-order valence-corrected chi connectivity index (χ1v) is 6.96. The zero-order valence-electron chi connectivity index (χ0n) is 14.1. The first-order chi connectivity index (χ1) is 10.4. The lowest BCUT2D eigenvalue weighted by molar-refractivity contribution is 0.0430. The lowest BCUT2D eigenvalue weighted by Crippen LogP contribution is -2.44. The van der Waals surface area contributed by atoms with E-state index >= 15 is 0 Å². The molecule has 2 amide bonds. The highest BCUT2D eigenvalue weighted by molar-refractivity contribution is 6.11. The summed E-state index contributed by atoms with van der Waals surface area (Å²) in [6.45, 7) is 9.94. The highest BCUT2D eigenvalue weighted by atomic mass is 16.6. The molecule has 0 unspecified atom stereocenters. The number of hydrogen-bond donors (Lipinski definition) is 0. The molecule has 8 heteroatoms. The second-order valence-corrected chi connectivity index (χ2v) is 6.74. The Hall–Kier alpha value is -2.51. The van der Waals surface area contributed by atoms with Gasteiger partial charge in [-0.1, -0.05) is 0 Å². The summed E-state index contributed by atoms with van der Waals surface area (Å²) in [6.07, 6.45) is 0.790. The van der Waals surface area contributed by atoms with Crippen molar-refractivity contribution in [2.45, 2.75) is 52.7 Å². The van der Waals surface area contributed by atoms with Crippen molar-refractivity contribution >= 4 is 24.2 Å². The van der Waals surface area contributed by atoms with Crippen LogP contribution in [0, 0.1) is 0 Å². The highest BCUT2D eigenvalue weighted by Gasteiger charge is 2.34. The van der Waals surface area contributed by atoms with Gasteiger partial charge in [0.2, 0.25) is 0 Å². The van der Waals surface area contributed by atoms with Crippen LogP contribution >= 0.6 is 0 Å². The minimum absolute atomic E-state index is 0.0109. The van der Waals surface area contributed by atoms with Crippen molar-refractivity contribution in [3.63, 3.8) is 0 Å². The van der Waals surface area contributed by atoms with Gasteiger partial charge in [0, 0.05) is 0 Å². The molecule has 0 aliphatic rings. The van der Waals surface area contributed by atoms with E-state index in [1.165, 1.54) is 0 Å². The summed E-state index contributed by atoms with van der Waals surface area (Å²) in [6, 6.07) is 0. The van der Waals surface area contributed by atoms with Gasteiger partial charge in [0.1, 0.15) is 11.2 Å². The number of aldehydes is 1. The Kier molecular flexibility index (Phi) is 5.42. The molecule has 0 saturated carbocycles. The summed E-state index contributed by atoms with van der Waals surface area (Å²) in [7, 11) is 0. The van der Waals surface area contributed by atoms with Crippen LogP contribution in [0.5, 0.6) is 0 Å². The van der Waals surface area contributed by atoms with Gasteiger partial charge in [0.15, 0.2) is 6.29 Å². The smallest absolute Gasteiger partial charge is 0.424 e. The fourth-order valence-electron chi connectivity index (χ4n) is 1.49. The fraction of sp³-hybridized carbons (Fsp3) is 0.533. The minimum atomic E-state index is -0.970. The Morgan fingerprint density at radius 2 is 1.39 bits per heavy atom. The molecule has 0 aliphatic heterocycles. The van der Waals surface area contributed by atoms with Crippen molar-refractivity contribution < 1.29 is 23.9 Å². The van der Waals surface area contributed by atoms with Gasteiger partial charge in [0.25, 0.3) is 0 Å². The van der Waals surface area contributed by atoms with Gasteiger partial charge in [-0.15, -0.1) is 0 Å². The second-order valence-electron chi connectivity index (χ2n) is 6.74. The van der Waals surface area contributed by atoms with E-state index in [9.17, 15) is 14.4 Å². The zero-order chi connectivity index (χ0) is 17.8. The van der Waals surface area contributed by atoms with E-state index in [4.69, 9.17) is 9.47 Å². The van der Waals surface area contributed by atoms with E-state index in [0.29, 0.717) is 11.2 Å². The molecule has 8 nitrogen and oxygen atoms in total. The van der Waals surface area contributed by atoms with Crippen molar-refractivity contribution in [3.05, 3.63) is 18.0 Å². The maximum atomic E-state index is 12.4. The van der Waals surface area contributed by atoms with Crippen LogP contribution in [-0.4, -0.2) is 39.9 Å². The summed E-state index contributed by atoms with van der Waals surface area (Å²) >= 11 is 0. The van der Waals surface area contributed by atoms with Crippen LogP contribution in [0.1, 0.15) is 51.9 Å². The second kappa shape index (κ2) is 6.72. The van der Waals surface area contributed by atoms with Crippen LogP contribution in [0.25, 0.3) is 0 Å². The lowest BCUT2D eigenvalue weighted by Gasteiger charge is -2.28. The molecule has 126 valence electrons. The van der Waals surface area contributed by atoms with Gasteiger partial charge in [0.05, 0.1) is 23.6 Å². The third-order valence-electron chi connectivity index (χ3n) is 2.26. The van der Waals surface area contributed by atoms with Gasteiger partial charge in [-0.3, -0.25) is 4.79 Å². The molecule has 23 heavy (non-hydrogen) atoms. The first kappa shape index (κ1) is 18.5. The Morgan fingerprint density at radius 1 is 0.957 bits per heavy atom. The third-order valence-corrected chi connectivity index (χ3v) is 2.26. The molecular weight excluding hydrogens is 302 g/mol. The van der Waals surface area contributed by atoms with Crippen LogP contribution in [0.15, 0.2) is 12.4 Å². The summed E-state index contributed by atoms with van der Waals surface area (Å²) < 4.78 is 10.4. The largest absolute Gasteiger partial charge is 0.443 e. The Morgan fingerprint density at radius 3 is 1.78 bits per heavy atom. The predicted octanol–water partition coefficient (Wildman–Crippen LogP) is 2.97. The number of ether oxygens (including phenoxy) is 2. The highest BCUT2D eigenvalue weighted by Crippen LogP contribution is 2.23. The standard InChI is InChI=1S/C15H21N3O5/c1-14(2,3)22-12(20)18(13(21)23-15(4,5)6)11-8-17-16-7-10(11)9-19/h7-9H,1-6H3. The molecular formula is C15H21N3O5. The number of hydrogen-bond acceptors (Lipinski definition) is 7. The van der Waals surface area contributed by atoms with Crippen molar-refractivity contribution in [2.75, 3.05) is 4.90 Å². The molecule has 0 bridgehead atoms. The maximum absolute atomic E-state index is 12.4. The normalized spacial score (nSPS) is 11.6. The van der Waals surface area contributed by atoms with Crippen LogP contribution in [0.3, 0.4) is 0 Å². The SMILES string of the molecule is CC(C)(C)OC(=O)N(C(=O)OC(C)(C)C)c1cnncc1C=O. The zero-order valence-corrected chi connectivity index (χ0v) is 14.1. The Labute approximate surface area is 134 Å². The summed E-state index contributed by atoms with van der Waals surface area (Å²) in [5.74, 6) is 0. The number of amides is 2. The summed E-state index contributed by atoms with van der Waals surface area (Å²) in [4.78, 5) is 36.6. The molecule has 0 spiro atoms. The Bertz CT molecular complexity index is 574. The summed E-state index contributed by atoms with van der Waals surface area (Å²) in [5, 5.41) is 7.16. The van der Waals surface area contributed by atoms with Crippen molar-refractivity contribution in [1.82, 2.24) is 10.2 Å². The van der Waals surface area contributed by atoms with Crippen molar-refractivity contribution in [2.24, 2.45) is 0 Å². The number of carbonyl (C=O) groups excluding carboxylic acids is 3.